The number of thiophene rings is 1. The minimum atomic E-state index is 0.465. The van der Waals surface area contributed by atoms with Gasteiger partial charge in [0.15, 0.2) is 0 Å². The van der Waals surface area contributed by atoms with Gasteiger partial charge in [0, 0.05) is 26.4 Å². The first kappa shape index (κ1) is 15.6. The molecule has 0 spiro atoms. The number of nitrogens with one attached hydrogen (secondary N) is 1. The molecule has 0 aliphatic rings. The average molecular weight is 308 g/mol. The lowest BCUT2D eigenvalue weighted by molar-refractivity contribution is 0.516. The Kier molecular flexibility index (Phi) is 5.64. The zero-order chi connectivity index (χ0) is 14.5. The first-order valence-corrected chi connectivity index (χ1v) is 8.44. The summed E-state index contributed by atoms with van der Waals surface area (Å²) in [5.74, 6) is 0. The zero-order valence-electron chi connectivity index (χ0n) is 12.4. The van der Waals surface area contributed by atoms with E-state index in [-0.39, 0.29) is 0 Å². The normalized spacial score (nSPS) is 12.6. The van der Waals surface area contributed by atoms with Gasteiger partial charge >= 0.3 is 0 Å². The molecule has 1 atom stereocenters. The molecule has 3 heteroatoms. The predicted octanol–water partition coefficient (Wildman–Crippen LogP) is 5.83. The van der Waals surface area contributed by atoms with Crippen LogP contribution in [0, 0.1) is 6.92 Å². The van der Waals surface area contributed by atoms with Crippen molar-refractivity contribution in [2.24, 2.45) is 0 Å². The van der Waals surface area contributed by atoms with Crippen LogP contribution in [-0.4, -0.2) is 6.54 Å². The summed E-state index contributed by atoms with van der Waals surface area (Å²) in [6.07, 6.45) is 2.37. The highest BCUT2D eigenvalue weighted by Crippen LogP contribution is 2.36. The van der Waals surface area contributed by atoms with Crippen LogP contribution in [0.4, 0.5) is 0 Å². The van der Waals surface area contributed by atoms with Crippen LogP contribution in [-0.2, 0) is 0 Å². The van der Waals surface area contributed by atoms with Crippen molar-refractivity contribution in [3.05, 3.63) is 45.8 Å². The van der Waals surface area contributed by atoms with E-state index in [0.717, 1.165) is 17.1 Å². The number of hydrogen-bond acceptors (Lipinski definition) is 2. The van der Waals surface area contributed by atoms with Crippen molar-refractivity contribution in [1.82, 2.24) is 5.32 Å². The van der Waals surface area contributed by atoms with E-state index in [2.05, 4.69) is 50.4 Å². The van der Waals surface area contributed by atoms with Gasteiger partial charge in [0.2, 0.25) is 0 Å². The van der Waals surface area contributed by atoms with Crippen LogP contribution in [0.2, 0.25) is 5.02 Å². The van der Waals surface area contributed by atoms with Crippen molar-refractivity contribution in [2.75, 3.05) is 6.54 Å². The third-order valence-corrected chi connectivity index (χ3v) is 4.95. The average Bonchev–Trinajstić information content (AvgIpc) is 2.91. The number of aryl methyl sites for hydroxylation is 1. The molecule has 1 aromatic carbocycles. The summed E-state index contributed by atoms with van der Waals surface area (Å²) in [4.78, 5) is 2.66. The van der Waals surface area contributed by atoms with E-state index in [1.807, 2.05) is 17.4 Å². The molecule has 2 rings (SSSR count). The molecule has 0 saturated heterocycles. The van der Waals surface area contributed by atoms with E-state index in [4.69, 9.17) is 11.6 Å². The molecule has 0 saturated carbocycles. The highest BCUT2D eigenvalue weighted by molar-refractivity contribution is 7.15. The van der Waals surface area contributed by atoms with Gasteiger partial charge < -0.3 is 5.32 Å². The first-order chi connectivity index (χ1) is 9.65. The molecule has 108 valence electrons. The third-order valence-electron chi connectivity index (χ3n) is 3.39. The summed E-state index contributed by atoms with van der Waals surface area (Å²) in [5, 5.41) is 4.40. The van der Waals surface area contributed by atoms with Crippen LogP contribution in [0.15, 0.2) is 30.3 Å². The molecular weight excluding hydrogens is 286 g/mol. The van der Waals surface area contributed by atoms with E-state index < -0.39 is 0 Å². The predicted molar refractivity (Wildman–Crippen MR) is 90.8 cm³/mol. The molecule has 2 aromatic rings. The van der Waals surface area contributed by atoms with Crippen LogP contribution < -0.4 is 5.32 Å². The summed E-state index contributed by atoms with van der Waals surface area (Å²) in [6.45, 7) is 7.50. The fraction of sp³-hybridized carbons (Fsp3) is 0.412. The summed E-state index contributed by atoms with van der Waals surface area (Å²) >= 11 is 8.18. The van der Waals surface area contributed by atoms with Crippen LogP contribution in [0.1, 0.15) is 43.2 Å². The van der Waals surface area contributed by atoms with Gasteiger partial charge in [-0.05, 0) is 44.2 Å². The molecular formula is C17H22ClNS. The van der Waals surface area contributed by atoms with E-state index in [9.17, 15) is 0 Å². The number of hydrogen-bond donors (Lipinski definition) is 1. The summed E-state index contributed by atoms with van der Waals surface area (Å²) in [7, 11) is 0. The summed E-state index contributed by atoms with van der Waals surface area (Å²) in [6, 6.07) is 11.1. The van der Waals surface area contributed by atoms with Gasteiger partial charge in [-0.2, -0.15) is 0 Å². The molecule has 0 radical (unpaired) electrons. The summed E-state index contributed by atoms with van der Waals surface area (Å²) < 4.78 is 0. The molecule has 0 bridgehead atoms. The molecule has 1 aromatic heterocycles. The Hall–Kier alpha value is -0.830. The van der Waals surface area contributed by atoms with Crippen molar-refractivity contribution >= 4 is 22.9 Å². The Morgan fingerprint density at radius 3 is 2.70 bits per heavy atom. The van der Waals surface area contributed by atoms with E-state index in [1.165, 1.54) is 28.2 Å². The maximum atomic E-state index is 6.33. The van der Waals surface area contributed by atoms with Crippen LogP contribution in [0.3, 0.4) is 0 Å². The molecule has 0 aliphatic carbocycles. The second-order valence-corrected chi connectivity index (χ2v) is 6.61. The quantitative estimate of drug-likeness (QED) is 0.708. The van der Waals surface area contributed by atoms with Crippen LogP contribution in [0.5, 0.6) is 0 Å². The minimum absolute atomic E-state index is 0.465. The van der Waals surface area contributed by atoms with Crippen LogP contribution in [0.25, 0.3) is 10.4 Å². The maximum absolute atomic E-state index is 6.33. The number of halogens is 1. The maximum Gasteiger partial charge on any atom is 0.0492 e. The van der Waals surface area contributed by atoms with Crippen molar-refractivity contribution < 1.29 is 0 Å². The van der Waals surface area contributed by atoms with Gasteiger partial charge in [0.1, 0.15) is 0 Å². The Morgan fingerprint density at radius 1 is 1.20 bits per heavy atom. The van der Waals surface area contributed by atoms with Gasteiger partial charge in [-0.15, -0.1) is 11.3 Å². The lowest BCUT2D eigenvalue weighted by atomic mass is 10.1. The highest BCUT2D eigenvalue weighted by atomic mass is 35.5. The second kappa shape index (κ2) is 7.26. The molecule has 1 nitrogen and oxygen atoms in total. The Balaban J connectivity index is 2.29. The van der Waals surface area contributed by atoms with Gasteiger partial charge in [-0.25, -0.2) is 0 Å². The topological polar surface area (TPSA) is 12.0 Å². The van der Waals surface area contributed by atoms with Gasteiger partial charge in [0.05, 0.1) is 0 Å². The lowest BCUT2D eigenvalue weighted by Gasteiger charge is -2.15. The Morgan fingerprint density at radius 2 is 2.00 bits per heavy atom. The fourth-order valence-corrected chi connectivity index (χ4v) is 3.82. The van der Waals surface area contributed by atoms with Crippen molar-refractivity contribution in [3.8, 4) is 10.4 Å². The van der Waals surface area contributed by atoms with Crippen molar-refractivity contribution in [2.45, 2.75) is 39.7 Å². The van der Waals surface area contributed by atoms with Crippen molar-refractivity contribution in [3.63, 3.8) is 0 Å². The van der Waals surface area contributed by atoms with Crippen molar-refractivity contribution in [1.29, 1.82) is 0 Å². The molecule has 0 aliphatic heterocycles. The smallest absolute Gasteiger partial charge is 0.0492 e. The van der Waals surface area contributed by atoms with E-state index >= 15 is 0 Å². The standard InChI is InChI=1S/C17H22ClNS/c1-4-6-15(19-5-2)17-10-9-16(20-17)13-11-12(3)7-8-14(13)18/h7-11,15,19H,4-6H2,1-3H3. The third kappa shape index (κ3) is 3.63. The Labute approximate surface area is 131 Å². The first-order valence-electron chi connectivity index (χ1n) is 7.25. The molecule has 0 fully saturated rings. The summed E-state index contributed by atoms with van der Waals surface area (Å²) in [5.41, 5.74) is 2.39. The largest absolute Gasteiger partial charge is 0.310 e. The fourth-order valence-electron chi connectivity index (χ4n) is 2.39. The zero-order valence-corrected chi connectivity index (χ0v) is 13.9. The monoisotopic (exact) mass is 307 g/mol. The van der Waals surface area contributed by atoms with Gasteiger partial charge in [-0.3, -0.25) is 0 Å². The Bertz CT molecular complexity index is 556. The van der Waals surface area contributed by atoms with Gasteiger partial charge in [-0.1, -0.05) is 43.5 Å². The number of benzene rings is 1. The molecule has 1 unspecified atom stereocenters. The molecule has 1 heterocycles. The van der Waals surface area contributed by atoms with Crippen LogP contribution >= 0.6 is 22.9 Å². The van der Waals surface area contributed by atoms with E-state index in [1.54, 1.807) is 0 Å². The van der Waals surface area contributed by atoms with E-state index in [0.29, 0.717) is 6.04 Å². The number of rotatable bonds is 6. The molecule has 1 N–H and O–H groups in total. The highest BCUT2D eigenvalue weighted by Gasteiger charge is 2.13. The van der Waals surface area contributed by atoms with Gasteiger partial charge in [0.25, 0.3) is 0 Å². The molecule has 0 amide bonds. The molecule has 20 heavy (non-hydrogen) atoms. The SMILES string of the molecule is CCCC(NCC)c1ccc(-c2cc(C)ccc2Cl)s1. The lowest BCUT2D eigenvalue weighted by Crippen LogP contribution is -2.19. The second-order valence-electron chi connectivity index (χ2n) is 5.08. The minimum Gasteiger partial charge on any atom is -0.310 e.